The topological polar surface area (TPSA) is 40.5 Å². The molecule has 0 unspecified atom stereocenters. The van der Waals surface area contributed by atoms with Crippen LogP contribution in [0.25, 0.3) is 0 Å². The van der Waals surface area contributed by atoms with Crippen LogP contribution in [0.15, 0.2) is 18.2 Å². The monoisotopic (exact) mass is 170 g/mol. The quantitative estimate of drug-likeness (QED) is 0.669. The number of benzene rings is 1. The smallest absolute Gasteiger partial charge is 0.118 e. The van der Waals surface area contributed by atoms with Crippen LogP contribution in [-0.4, -0.2) is 9.66 Å². The lowest BCUT2D eigenvalue weighted by Crippen LogP contribution is -1.85. The van der Waals surface area contributed by atoms with Gasteiger partial charge in [0.05, 0.1) is 0 Å². The van der Waals surface area contributed by atoms with E-state index in [9.17, 15) is 5.11 Å². The lowest BCUT2D eigenvalue weighted by Gasteiger charge is -2.03. The molecule has 0 aliphatic heterocycles. The molecule has 0 spiro atoms. The minimum Gasteiger partial charge on any atom is -0.508 e. The van der Waals surface area contributed by atoms with Gasteiger partial charge in [0, 0.05) is 5.75 Å². The van der Waals surface area contributed by atoms with Crippen LogP contribution < -0.4 is 0 Å². The average Bonchev–Trinajstić information content (AvgIpc) is 1.99. The number of hydrogen-bond acceptors (Lipinski definition) is 3. The molecular weight excluding hydrogens is 160 g/mol. The van der Waals surface area contributed by atoms with Gasteiger partial charge >= 0.3 is 0 Å². The molecule has 0 aromatic heterocycles. The summed E-state index contributed by atoms with van der Waals surface area (Å²) in [5, 5.41) is 9.24. The fourth-order valence-electron chi connectivity index (χ4n) is 0.896. The van der Waals surface area contributed by atoms with Gasteiger partial charge in [0.15, 0.2) is 0 Å². The number of rotatable bonds is 2. The predicted octanol–water partition coefficient (Wildman–Crippen LogP) is 2.41. The lowest BCUT2D eigenvalue weighted by atomic mass is 10.1. The summed E-state index contributed by atoms with van der Waals surface area (Å²) in [4.78, 5) is 0. The molecule has 0 radical (unpaired) electrons. The van der Waals surface area contributed by atoms with Crippen molar-refractivity contribution >= 4 is 12.0 Å². The molecule has 1 aromatic rings. The van der Waals surface area contributed by atoms with Gasteiger partial charge in [-0.15, -0.1) is 0 Å². The van der Waals surface area contributed by atoms with Crippen LogP contribution in [0.2, 0.25) is 0 Å². The summed E-state index contributed by atoms with van der Waals surface area (Å²) < 4.78 is 8.57. The zero-order valence-corrected chi connectivity index (χ0v) is 7.06. The fourth-order valence-corrected chi connectivity index (χ4v) is 1.35. The second kappa shape index (κ2) is 3.64. The Hall–Kier alpha value is -0.670. The molecular formula is C8H10O2S. The molecule has 0 bridgehead atoms. The summed E-state index contributed by atoms with van der Waals surface area (Å²) in [6.07, 6.45) is 0. The Morgan fingerprint density at radius 2 is 2.18 bits per heavy atom. The van der Waals surface area contributed by atoms with Gasteiger partial charge in [-0.2, -0.15) is 0 Å². The van der Waals surface area contributed by atoms with Crippen LogP contribution in [0.5, 0.6) is 5.75 Å². The highest BCUT2D eigenvalue weighted by Gasteiger charge is 2.00. The molecule has 0 saturated heterocycles. The average molecular weight is 170 g/mol. The first-order chi connectivity index (χ1) is 5.25. The third-order valence-electron chi connectivity index (χ3n) is 1.64. The Morgan fingerprint density at radius 1 is 1.45 bits per heavy atom. The maximum Gasteiger partial charge on any atom is 0.118 e. The zero-order chi connectivity index (χ0) is 8.27. The van der Waals surface area contributed by atoms with Crippen molar-refractivity contribution in [2.75, 3.05) is 0 Å². The van der Waals surface area contributed by atoms with Crippen LogP contribution in [0.4, 0.5) is 0 Å². The number of phenols is 1. The van der Waals surface area contributed by atoms with E-state index in [2.05, 4.69) is 0 Å². The van der Waals surface area contributed by atoms with E-state index in [0.29, 0.717) is 5.75 Å². The Bertz CT molecular complexity index is 248. The van der Waals surface area contributed by atoms with Crippen molar-refractivity contribution in [2.24, 2.45) is 0 Å². The molecule has 0 aliphatic carbocycles. The number of phenolic OH excluding ortho intramolecular Hbond substituents is 1. The second-order valence-corrected chi connectivity index (χ2v) is 2.88. The van der Waals surface area contributed by atoms with Crippen molar-refractivity contribution < 1.29 is 9.66 Å². The minimum absolute atomic E-state index is 0.288. The highest BCUT2D eigenvalue weighted by Crippen LogP contribution is 2.21. The van der Waals surface area contributed by atoms with Gasteiger partial charge in [-0.25, -0.2) is 0 Å². The van der Waals surface area contributed by atoms with Crippen molar-refractivity contribution in [3.8, 4) is 5.75 Å². The summed E-state index contributed by atoms with van der Waals surface area (Å²) in [7, 11) is 0. The minimum atomic E-state index is 0.288. The first-order valence-corrected chi connectivity index (χ1v) is 4.23. The second-order valence-electron chi connectivity index (χ2n) is 2.33. The van der Waals surface area contributed by atoms with E-state index in [1.165, 1.54) is 0 Å². The van der Waals surface area contributed by atoms with Crippen LogP contribution >= 0.6 is 12.0 Å². The maximum absolute atomic E-state index is 9.24. The molecule has 2 N–H and O–H groups in total. The van der Waals surface area contributed by atoms with Crippen molar-refractivity contribution in [1.29, 1.82) is 0 Å². The standard InChI is InChI=1S/C8H10O2S/c1-6-7(5-11-10)3-2-4-8(6)9/h2-4,9-10H,5H2,1H3. The van der Waals surface area contributed by atoms with Crippen LogP contribution in [0.1, 0.15) is 11.1 Å². The molecule has 11 heavy (non-hydrogen) atoms. The van der Waals surface area contributed by atoms with Crippen LogP contribution in [0.3, 0.4) is 0 Å². The lowest BCUT2D eigenvalue weighted by molar-refractivity contribution is 0.470. The van der Waals surface area contributed by atoms with Crippen LogP contribution in [0, 0.1) is 6.92 Å². The van der Waals surface area contributed by atoms with Gasteiger partial charge in [-0.1, -0.05) is 12.1 Å². The van der Waals surface area contributed by atoms with E-state index >= 15 is 0 Å². The molecule has 3 heteroatoms. The molecule has 0 amide bonds. The van der Waals surface area contributed by atoms with E-state index in [-0.39, 0.29) is 5.75 Å². The molecule has 1 rings (SSSR count). The van der Waals surface area contributed by atoms with Gasteiger partial charge in [-0.3, -0.25) is 0 Å². The summed E-state index contributed by atoms with van der Waals surface area (Å²) in [6, 6.07) is 5.30. The van der Waals surface area contributed by atoms with Crippen molar-refractivity contribution in [2.45, 2.75) is 12.7 Å². The van der Waals surface area contributed by atoms with Gasteiger partial charge in [0.1, 0.15) is 5.75 Å². The van der Waals surface area contributed by atoms with Crippen molar-refractivity contribution in [1.82, 2.24) is 0 Å². The molecule has 1 aromatic carbocycles. The van der Waals surface area contributed by atoms with E-state index in [1.807, 2.05) is 13.0 Å². The van der Waals surface area contributed by atoms with E-state index in [4.69, 9.17) is 4.55 Å². The SMILES string of the molecule is Cc1c(O)cccc1CSO. The number of aromatic hydroxyl groups is 1. The summed E-state index contributed by atoms with van der Waals surface area (Å²) in [6.45, 7) is 1.83. The fraction of sp³-hybridized carbons (Fsp3) is 0.250. The molecule has 0 saturated carbocycles. The normalized spacial score (nSPS) is 10.0. The van der Waals surface area contributed by atoms with E-state index in [0.717, 1.165) is 23.2 Å². The van der Waals surface area contributed by atoms with E-state index in [1.54, 1.807) is 12.1 Å². The highest BCUT2D eigenvalue weighted by molar-refractivity contribution is 7.92. The summed E-state index contributed by atoms with van der Waals surface area (Å²) in [5.41, 5.74) is 1.81. The molecule has 0 heterocycles. The Balaban J connectivity index is 2.96. The van der Waals surface area contributed by atoms with Gasteiger partial charge in [0.2, 0.25) is 0 Å². The predicted molar refractivity (Wildman–Crippen MR) is 46.8 cm³/mol. The third-order valence-corrected chi connectivity index (χ3v) is 2.08. The Labute approximate surface area is 70.1 Å². The zero-order valence-electron chi connectivity index (χ0n) is 6.24. The van der Waals surface area contributed by atoms with Crippen molar-refractivity contribution in [3.05, 3.63) is 29.3 Å². The van der Waals surface area contributed by atoms with E-state index < -0.39 is 0 Å². The molecule has 0 fully saturated rings. The molecule has 2 nitrogen and oxygen atoms in total. The third kappa shape index (κ3) is 1.88. The molecule has 0 aliphatic rings. The largest absolute Gasteiger partial charge is 0.508 e. The maximum atomic E-state index is 9.24. The first kappa shape index (κ1) is 8.43. The molecule has 0 atom stereocenters. The Kier molecular flexibility index (Phi) is 2.79. The van der Waals surface area contributed by atoms with Crippen LogP contribution in [-0.2, 0) is 5.75 Å². The van der Waals surface area contributed by atoms with Gasteiger partial charge < -0.3 is 9.66 Å². The first-order valence-electron chi connectivity index (χ1n) is 3.29. The highest BCUT2D eigenvalue weighted by atomic mass is 32.2. The summed E-state index contributed by atoms with van der Waals surface area (Å²) >= 11 is 0.766. The summed E-state index contributed by atoms with van der Waals surface area (Å²) in [5.74, 6) is 0.816. The van der Waals surface area contributed by atoms with Gasteiger partial charge in [0.25, 0.3) is 0 Å². The van der Waals surface area contributed by atoms with Gasteiger partial charge in [-0.05, 0) is 36.2 Å². The number of hydrogen-bond donors (Lipinski definition) is 2. The van der Waals surface area contributed by atoms with Crippen molar-refractivity contribution in [3.63, 3.8) is 0 Å². The molecule has 60 valence electrons. The Morgan fingerprint density at radius 3 is 2.82 bits per heavy atom.